The Labute approximate surface area is 331 Å². The zero-order valence-corrected chi connectivity index (χ0v) is 34.1. The van der Waals surface area contributed by atoms with Crippen molar-refractivity contribution in [1.82, 2.24) is 9.55 Å². The number of rotatable bonds is 10. The summed E-state index contributed by atoms with van der Waals surface area (Å²) in [5.74, 6) is -0.340. The smallest absolute Gasteiger partial charge is 0.330 e. The summed E-state index contributed by atoms with van der Waals surface area (Å²) in [6, 6.07) is 20.4. The van der Waals surface area contributed by atoms with E-state index in [1.54, 1.807) is 142 Å². The van der Waals surface area contributed by atoms with Gasteiger partial charge in [0.05, 0.1) is 29.0 Å². The van der Waals surface area contributed by atoms with E-state index in [2.05, 4.69) is 4.98 Å². The van der Waals surface area contributed by atoms with Gasteiger partial charge in [0, 0.05) is 18.2 Å². The van der Waals surface area contributed by atoms with E-state index < -0.39 is 69.4 Å². The standard InChI is InChI=1S/C44H52N2O11/c1-26-24-46(40(52)45-36(26)48)35-23-33(47)34(57-35)25-53-44(27-11-17-30(18-12-27)54-37(49)41(2,3)4,28-13-19-31(20-14-28)55-38(50)42(5,6)7)29-15-21-32(22-16-29)56-39(51)43(8,9)10/h11-22,24,33-35,47H,23,25H2,1-10H3,(H,45,48,52)/t33?,34?,35-/m1/s1. The van der Waals surface area contributed by atoms with Crippen LogP contribution < -0.4 is 25.5 Å². The number of hydrogen-bond acceptors (Lipinski definition) is 11. The number of nitrogens with one attached hydrogen (secondary N) is 1. The molecule has 1 fully saturated rings. The van der Waals surface area contributed by atoms with Gasteiger partial charge < -0.3 is 28.8 Å². The van der Waals surface area contributed by atoms with E-state index in [4.69, 9.17) is 23.7 Å². The van der Waals surface area contributed by atoms with Crippen molar-refractivity contribution in [2.45, 2.75) is 99.7 Å². The number of aromatic nitrogens is 2. The van der Waals surface area contributed by atoms with E-state index in [-0.39, 0.29) is 13.0 Å². The fourth-order valence-electron chi connectivity index (χ4n) is 5.85. The van der Waals surface area contributed by atoms with E-state index in [0.29, 0.717) is 39.5 Å². The number of esters is 3. The minimum absolute atomic E-state index is 0.0436. The van der Waals surface area contributed by atoms with Crippen LogP contribution in [0.3, 0.4) is 0 Å². The lowest BCUT2D eigenvalue weighted by Crippen LogP contribution is -2.38. The van der Waals surface area contributed by atoms with Crippen LogP contribution in [0.5, 0.6) is 17.2 Å². The lowest BCUT2D eigenvalue weighted by atomic mass is 9.79. The number of hydrogen-bond donors (Lipinski definition) is 2. The van der Waals surface area contributed by atoms with E-state index in [1.807, 2.05) is 0 Å². The molecule has 1 aliphatic rings. The van der Waals surface area contributed by atoms with Crippen molar-refractivity contribution in [2.24, 2.45) is 16.2 Å². The molecule has 0 amide bonds. The highest BCUT2D eigenvalue weighted by Gasteiger charge is 2.42. The van der Waals surface area contributed by atoms with Crippen LogP contribution in [0.15, 0.2) is 88.6 Å². The van der Waals surface area contributed by atoms with Gasteiger partial charge in [-0.1, -0.05) is 36.4 Å². The number of carbonyl (C=O) groups excluding carboxylic acids is 3. The number of nitrogens with zero attached hydrogens (tertiary/aromatic N) is 1. The zero-order chi connectivity index (χ0) is 42.1. The van der Waals surface area contributed by atoms with Crippen LogP contribution in [-0.2, 0) is 29.5 Å². The molecule has 3 aromatic carbocycles. The van der Waals surface area contributed by atoms with Gasteiger partial charge in [-0.2, -0.15) is 0 Å². The fourth-order valence-corrected chi connectivity index (χ4v) is 5.85. The predicted octanol–water partition coefficient (Wildman–Crippen LogP) is 6.36. The van der Waals surface area contributed by atoms with Crippen molar-refractivity contribution in [1.29, 1.82) is 0 Å². The molecule has 0 bridgehead atoms. The van der Waals surface area contributed by atoms with Gasteiger partial charge in [0.2, 0.25) is 0 Å². The molecule has 0 aliphatic carbocycles. The molecule has 1 saturated heterocycles. The van der Waals surface area contributed by atoms with Crippen LogP contribution in [-0.4, -0.2) is 51.4 Å². The molecule has 304 valence electrons. The summed E-state index contributed by atoms with van der Waals surface area (Å²) < 4.78 is 31.4. The first-order chi connectivity index (χ1) is 26.5. The van der Waals surface area contributed by atoms with Crippen LogP contribution in [0.2, 0.25) is 0 Å². The Balaban J connectivity index is 1.62. The van der Waals surface area contributed by atoms with Crippen LogP contribution in [0.1, 0.15) is 97.2 Å². The molecule has 2 N–H and O–H groups in total. The monoisotopic (exact) mass is 784 g/mol. The SMILES string of the molecule is Cc1cn([C@H]2CC(O)C(COC(c3ccc(OC(=O)C(C)(C)C)cc3)(c3ccc(OC(=O)C(C)(C)C)cc3)c3ccc(OC(=O)C(C)(C)C)cc3)O2)c(=O)[nH]c1=O. The van der Waals surface area contributed by atoms with Crippen molar-refractivity contribution >= 4 is 17.9 Å². The number of benzene rings is 3. The number of aryl methyl sites for hydroxylation is 1. The second kappa shape index (κ2) is 16.2. The third-order valence-corrected chi connectivity index (χ3v) is 9.38. The molecule has 0 saturated carbocycles. The first-order valence-corrected chi connectivity index (χ1v) is 18.8. The summed E-state index contributed by atoms with van der Waals surface area (Å²) in [7, 11) is 0. The van der Waals surface area contributed by atoms with Gasteiger partial charge in [0.1, 0.15) is 35.2 Å². The Morgan fingerprint density at radius 2 is 1.05 bits per heavy atom. The Morgan fingerprint density at radius 3 is 1.40 bits per heavy atom. The van der Waals surface area contributed by atoms with Gasteiger partial charge in [-0.3, -0.25) is 28.7 Å². The van der Waals surface area contributed by atoms with Crippen molar-refractivity contribution < 1.29 is 43.2 Å². The minimum atomic E-state index is -1.47. The number of aromatic amines is 1. The molecule has 2 unspecified atom stereocenters. The third kappa shape index (κ3) is 9.78. The van der Waals surface area contributed by atoms with Crippen molar-refractivity contribution in [3.63, 3.8) is 0 Å². The highest BCUT2D eigenvalue weighted by Crippen LogP contribution is 2.43. The molecule has 5 rings (SSSR count). The van der Waals surface area contributed by atoms with Crippen molar-refractivity contribution in [3.05, 3.63) is 122 Å². The minimum Gasteiger partial charge on any atom is -0.426 e. The van der Waals surface area contributed by atoms with Gasteiger partial charge in [0.15, 0.2) is 0 Å². The summed E-state index contributed by atoms with van der Waals surface area (Å²) in [4.78, 5) is 65.4. The lowest BCUT2D eigenvalue weighted by molar-refractivity contribution is -0.143. The maximum atomic E-state index is 12.8. The van der Waals surface area contributed by atoms with Crippen molar-refractivity contribution in [2.75, 3.05) is 6.61 Å². The molecule has 4 aromatic rings. The molecule has 13 heteroatoms. The largest absolute Gasteiger partial charge is 0.426 e. The maximum Gasteiger partial charge on any atom is 0.330 e. The maximum absolute atomic E-state index is 12.8. The van der Waals surface area contributed by atoms with Crippen molar-refractivity contribution in [3.8, 4) is 17.2 Å². The molecule has 1 aromatic heterocycles. The average Bonchev–Trinajstić information content (AvgIpc) is 3.50. The molecule has 57 heavy (non-hydrogen) atoms. The number of aliphatic hydroxyl groups is 1. The topological polar surface area (TPSA) is 172 Å². The average molecular weight is 785 g/mol. The number of H-pyrrole nitrogens is 1. The van der Waals surface area contributed by atoms with Crippen LogP contribution in [0, 0.1) is 23.2 Å². The lowest BCUT2D eigenvalue weighted by Gasteiger charge is -2.37. The zero-order valence-electron chi connectivity index (χ0n) is 34.1. The van der Waals surface area contributed by atoms with E-state index in [1.165, 1.54) is 10.8 Å². The van der Waals surface area contributed by atoms with Gasteiger partial charge >= 0.3 is 23.6 Å². The van der Waals surface area contributed by atoms with E-state index in [9.17, 15) is 29.1 Å². The highest BCUT2D eigenvalue weighted by atomic mass is 16.6. The summed E-state index contributed by atoms with van der Waals surface area (Å²) in [5.41, 5.74) is -2.88. The van der Waals surface area contributed by atoms with Gasteiger partial charge in [0.25, 0.3) is 5.56 Å². The first-order valence-electron chi connectivity index (χ1n) is 18.8. The Hall–Kier alpha value is -5.37. The molecular formula is C44H52N2O11. The number of carbonyl (C=O) groups is 3. The quantitative estimate of drug-likeness (QED) is 0.104. The van der Waals surface area contributed by atoms with Gasteiger partial charge in [-0.15, -0.1) is 0 Å². The summed E-state index contributed by atoms with van der Waals surface area (Å²) >= 11 is 0. The molecule has 3 atom stereocenters. The summed E-state index contributed by atoms with van der Waals surface area (Å²) in [5, 5.41) is 11.3. The van der Waals surface area contributed by atoms with Gasteiger partial charge in [-0.25, -0.2) is 4.79 Å². The highest BCUT2D eigenvalue weighted by molar-refractivity contribution is 5.79. The van der Waals surface area contributed by atoms with Crippen LogP contribution in [0.25, 0.3) is 0 Å². The number of ether oxygens (including phenoxy) is 5. The summed E-state index contributed by atoms with van der Waals surface area (Å²) in [6.45, 7) is 17.2. The van der Waals surface area contributed by atoms with Gasteiger partial charge in [-0.05, 0) is 122 Å². The number of aliphatic hydroxyl groups excluding tert-OH is 1. The normalized spacial score (nSPS) is 17.6. The second-order valence-electron chi connectivity index (χ2n) is 17.4. The second-order valence-corrected chi connectivity index (χ2v) is 17.4. The summed E-state index contributed by atoms with van der Waals surface area (Å²) in [6.07, 6.45) is -1.45. The molecule has 0 radical (unpaired) electrons. The van der Waals surface area contributed by atoms with E-state index >= 15 is 0 Å². The Morgan fingerprint density at radius 1 is 0.684 bits per heavy atom. The molecule has 1 aliphatic heterocycles. The Kier molecular flexibility index (Phi) is 12.2. The Bertz CT molecular complexity index is 2030. The molecule has 2 heterocycles. The predicted molar refractivity (Wildman–Crippen MR) is 211 cm³/mol. The molecular weight excluding hydrogens is 732 g/mol. The third-order valence-electron chi connectivity index (χ3n) is 9.38. The first kappa shape index (κ1) is 42.8. The molecule has 13 nitrogen and oxygen atoms in total. The van der Waals surface area contributed by atoms with Crippen LogP contribution in [0.4, 0.5) is 0 Å². The van der Waals surface area contributed by atoms with Crippen LogP contribution >= 0.6 is 0 Å². The van der Waals surface area contributed by atoms with E-state index in [0.717, 1.165) is 0 Å². The molecule has 0 spiro atoms. The fraction of sp³-hybridized carbons (Fsp3) is 0.432.